The lowest BCUT2D eigenvalue weighted by molar-refractivity contribution is 0.485. The van der Waals surface area contributed by atoms with Gasteiger partial charge in [0.1, 0.15) is 16.5 Å². The molecule has 3 nitrogen and oxygen atoms in total. The molecular weight excluding hydrogens is 208 g/mol. The van der Waals surface area contributed by atoms with Crippen molar-refractivity contribution >= 4 is 11.8 Å². The largest absolute Gasteiger partial charge is 0.465 e. The van der Waals surface area contributed by atoms with Crippen LogP contribution in [-0.2, 0) is 12.2 Å². The topological polar surface area (TPSA) is 38.9 Å². The zero-order valence-electron chi connectivity index (χ0n) is 8.51. The Morgan fingerprint density at radius 1 is 1.27 bits per heavy atom. The van der Waals surface area contributed by atoms with Crippen LogP contribution in [0.1, 0.15) is 18.4 Å². The molecule has 0 aromatic carbocycles. The second kappa shape index (κ2) is 4.98. The van der Waals surface area contributed by atoms with Gasteiger partial charge in [-0.05, 0) is 12.1 Å². The van der Waals surface area contributed by atoms with E-state index in [2.05, 4.69) is 16.9 Å². The van der Waals surface area contributed by atoms with Gasteiger partial charge in [-0.3, -0.25) is 4.98 Å². The monoisotopic (exact) mass is 220 g/mol. The first kappa shape index (κ1) is 10.2. The fourth-order valence-corrected chi connectivity index (χ4v) is 1.91. The first-order chi connectivity index (χ1) is 7.38. The van der Waals surface area contributed by atoms with Gasteiger partial charge >= 0.3 is 0 Å². The van der Waals surface area contributed by atoms with E-state index in [1.165, 1.54) is 0 Å². The Balaban J connectivity index is 1.93. The molecule has 0 aliphatic heterocycles. The molecule has 0 spiro atoms. The Kier molecular flexibility index (Phi) is 3.40. The van der Waals surface area contributed by atoms with Crippen LogP contribution in [0.4, 0.5) is 0 Å². The van der Waals surface area contributed by atoms with Crippen molar-refractivity contribution in [1.82, 2.24) is 9.97 Å². The Bertz CT molecular complexity index is 414. The molecule has 2 aromatic rings. The maximum absolute atomic E-state index is 5.59. The lowest BCUT2D eigenvalue weighted by Crippen LogP contribution is -1.81. The lowest BCUT2D eigenvalue weighted by atomic mass is 10.4. The molecule has 0 radical (unpaired) electrons. The maximum atomic E-state index is 5.59. The number of rotatable bonds is 4. The molecule has 2 aromatic heterocycles. The van der Waals surface area contributed by atoms with Crippen molar-refractivity contribution in [3.63, 3.8) is 0 Å². The minimum atomic E-state index is 0.804. The van der Waals surface area contributed by atoms with Crippen molar-refractivity contribution in [1.29, 1.82) is 0 Å². The van der Waals surface area contributed by atoms with Crippen LogP contribution in [0.2, 0.25) is 0 Å². The number of hydrogen-bond acceptors (Lipinski definition) is 4. The zero-order chi connectivity index (χ0) is 10.5. The highest BCUT2D eigenvalue weighted by atomic mass is 32.2. The number of aromatic nitrogens is 2. The van der Waals surface area contributed by atoms with Crippen LogP contribution >= 0.6 is 11.8 Å². The van der Waals surface area contributed by atoms with E-state index in [4.69, 9.17) is 4.42 Å². The predicted octanol–water partition coefficient (Wildman–Crippen LogP) is 2.92. The Morgan fingerprint density at radius 2 is 2.13 bits per heavy atom. The molecular formula is C11H12N2OS. The molecule has 0 fully saturated rings. The van der Waals surface area contributed by atoms with Crippen LogP contribution in [0, 0.1) is 0 Å². The smallest absolute Gasteiger partial charge is 0.115 e. The van der Waals surface area contributed by atoms with E-state index in [0.29, 0.717) is 0 Å². The van der Waals surface area contributed by atoms with Gasteiger partial charge in [0.05, 0.1) is 11.9 Å². The summed E-state index contributed by atoms with van der Waals surface area (Å²) in [5.74, 6) is 2.82. The highest BCUT2D eigenvalue weighted by Crippen LogP contribution is 2.21. The summed E-state index contributed by atoms with van der Waals surface area (Å²) in [6.45, 7) is 2.08. The van der Waals surface area contributed by atoms with Gasteiger partial charge in [0.25, 0.3) is 0 Å². The summed E-state index contributed by atoms with van der Waals surface area (Å²) in [5, 5.41) is 0.923. The van der Waals surface area contributed by atoms with Crippen molar-refractivity contribution < 1.29 is 4.42 Å². The van der Waals surface area contributed by atoms with E-state index in [-0.39, 0.29) is 0 Å². The SMILES string of the molecule is CCc1ccc(CSc2cnccn2)o1. The van der Waals surface area contributed by atoms with E-state index in [9.17, 15) is 0 Å². The molecule has 15 heavy (non-hydrogen) atoms. The number of hydrogen-bond donors (Lipinski definition) is 0. The van der Waals surface area contributed by atoms with Crippen LogP contribution in [0.25, 0.3) is 0 Å². The molecule has 0 saturated carbocycles. The number of furan rings is 1. The van der Waals surface area contributed by atoms with E-state index < -0.39 is 0 Å². The fraction of sp³-hybridized carbons (Fsp3) is 0.273. The van der Waals surface area contributed by atoms with Gasteiger partial charge in [0.15, 0.2) is 0 Å². The molecule has 0 aliphatic rings. The third-order valence-electron chi connectivity index (χ3n) is 1.97. The van der Waals surface area contributed by atoms with Crippen LogP contribution in [0.15, 0.2) is 40.2 Å². The van der Waals surface area contributed by atoms with E-state index in [1.54, 1.807) is 30.4 Å². The minimum Gasteiger partial charge on any atom is -0.465 e. The van der Waals surface area contributed by atoms with Gasteiger partial charge in [0.2, 0.25) is 0 Å². The molecule has 78 valence electrons. The van der Waals surface area contributed by atoms with Crippen molar-refractivity contribution in [3.8, 4) is 0 Å². The van der Waals surface area contributed by atoms with Crippen molar-refractivity contribution in [2.75, 3.05) is 0 Å². The zero-order valence-corrected chi connectivity index (χ0v) is 9.33. The quantitative estimate of drug-likeness (QED) is 0.743. The predicted molar refractivity (Wildman–Crippen MR) is 59.7 cm³/mol. The number of nitrogens with zero attached hydrogens (tertiary/aromatic N) is 2. The van der Waals surface area contributed by atoms with Gasteiger partial charge in [0, 0.05) is 18.8 Å². The molecule has 0 saturated heterocycles. The minimum absolute atomic E-state index is 0.804. The summed E-state index contributed by atoms with van der Waals surface area (Å²) in [5.41, 5.74) is 0. The second-order valence-corrected chi connectivity index (χ2v) is 4.05. The third kappa shape index (κ3) is 2.83. The van der Waals surface area contributed by atoms with E-state index in [1.807, 2.05) is 12.1 Å². The summed E-state index contributed by atoms with van der Waals surface area (Å²) in [4.78, 5) is 8.18. The van der Waals surface area contributed by atoms with Gasteiger partial charge < -0.3 is 4.42 Å². The molecule has 0 aliphatic carbocycles. The lowest BCUT2D eigenvalue weighted by Gasteiger charge is -1.96. The number of aryl methyl sites for hydroxylation is 1. The molecule has 2 rings (SSSR count). The fourth-order valence-electron chi connectivity index (χ4n) is 1.19. The van der Waals surface area contributed by atoms with Crippen LogP contribution in [0.3, 0.4) is 0 Å². The van der Waals surface area contributed by atoms with Gasteiger partial charge in [-0.2, -0.15) is 0 Å². The number of thioether (sulfide) groups is 1. The standard InChI is InChI=1S/C11H12N2OS/c1-2-9-3-4-10(14-9)8-15-11-7-12-5-6-13-11/h3-7H,2,8H2,1H3. The molecule has 0 amide bonds. The summed E-state index contributed by atoms with van der Waals surface area (Å²) in [6.07, 6.45) is 6.07. The van der Waals surface area contributed by atoms with Gasteiger partial charge in [-0.25, -0.2) is 4.98 Å². The maximum Gasteiger partial charge on any atom is 0.115 e. The highest BCUT2D eigenvalue weighted by molar-refractivity contribution is 7.98. The van der Waals surface area contributed by atoms with E-state index >= 15 is 0 Å². The molecule has 0 unspecified atom stereocenters. The summed E-state index contributed by atoms with van der Waals surface area (Å²) < 4.78 is 5.59. The van der Waals surface area contributed by atoms with Crippen molar-refractivity contribution in [2.24, 2.45) is 0 Å². The van der Waals surface area contributed by atoms with E-state index in [0.717, 1.165) is 28.7 Å². The molecule has 4 heteroatoms. The Labute approximate surface area is 92.9 Å². The summed E-state index contributed by atoms with van der Waals surface area (Å²) in [6, 6.07) is 4.04. The average molecular weight is 220 g/mol. The average Bonchev–Trinajstić information content (AvgIpc) is 2.76. The van der Waals surface area contributed by atoms with Crippen LogP contribution < -0.4 is 0 Å². The normalized spacial score (nSPS) is 10.5. The Morgan fingerprint density at radius 3 is 2.80 bits per heavy atom. The summed E-state index contributed by atoms with van der Waals surface area (Å²) in [7, 11) is 0. The van der Waals surface area contributed by atoms with Gasteiger partial charge in [-0.1, -0.05) is 18.7 Å². The first-order valence-electron chi connectivity index (χ1n) is 4.85. The van der Waals surface area contributed by atoms with Crippen LogP contribution in [0.5, 0.6) is 0 Å². The molecule has 0 atom stereocenters. The van der Waals surface area contributed by atoms with Crippen molar-refractivity contribution in [3.05, 3.63) is 42.2 Å². The molecule has 0 N–H and O–H groups in total. The second-order valence-electron chi connectivity index (χ2n) is 3.05. The van der Waals surface area contributed by atoms with Crippen molar-refractivity contribution in [2.45, 2.75) is 24.1 Å². The Hall–Kier alpha value is -1.29. The highest BCUT2D eigenvalue weighted by Gasteiger charge is 2.02. The van der Waals surface area contributed by atoms with Crippen LogP contribution in [-0.4, -0.2) is 9.97 Å². The summed E-state index contributed by atoms with van der Waals surface area (Å²) >= 11 is 1.63. The first-order valence-corrected chi connectivity index (χ1v) is 5.83. The molecule has 2 heterocycles. The third-order valence-corrected chi connectivity index (χ3v) is 2.90. The molecule has 0 bridgehead atoms. The van der Waals surface area contributed by atoms with Gasteiger partial charge in [-0.15, -0.1) is 0 Å².